The van der Waals surface area contributed by atoms with Crippen molar-refractivity contribution in [3.63, 3.8) is 0 Å². The van der Waals surface area contributed by atoms with Gasteiger partial charge in [0.15, 0.2) is 0 Å². The van der Waals surface area contributed by atoms with E-state index in [1.165, 1.54) is 11.3 Å². The normalized spacial score (nSPS) is 21.3. The highest BCUT2D eigenvalue weighted by Crippen LogP contribution is 2.44. The molecule has 2 saturated heterocycles. The summed E-state index contributed by atoms with van der Waals surface area (Å²) in [5.41, 5.74) is 2.77. The van der Waals surface area contributed by atoms with Gasteiger partial charge in [-0.2, -0.15) is 0 Å². The molecule has 1 N–H and O–H groups in total. The highest BCUT2D eigenvalue weighted by Gasteiger charge is 2.52. The summed E-state index contributed by atoms with van der Waals surface area (Å²) in [6.07, 6.45) is 4.09. The molecule has 1 atom stereocenters. The number of para-hydroxylation sites is 1. The predicted octanol–water partition coefficient (Wildman–Crippen LogP) is 4.68. The average Bonchev–Trinajstić information content (AvgIpc) is 3.60. The van der Waals surface area contributed by atoms with Gasteiger partial charge in [-0.1, -0.05) is 45.0 Å². The first-order chi connectivity index (χ1) is 20.5. The number of likely N-dealkylation sites (tertiary alicyclic amines) is 1. The molecule has 226 valence electrons. The highest BCUT2D eigenvalue weighted by atomic mass is 16.2. The molecule has 43 heavy (non-hydrogen) atoms. The largest absolute Gasteiger partial charge is 0.332 e. The Morgan fingerprint density at radius 2 is 1.86 bits per heavy atom. The van der Waals surface area contributed by atoms with Gasteiger partial charge in [-0.05, 0) is 75.2 Å². The van der Waals surface area contributed by atoms with Crippen LogP contribution in [0.2, 0.25) is 0 Å². The van der Waals surface area contributed by atoms with Crippen molar-refractivity contribution >= 4 is 40.1 Å². The summed E-state index contributed by atoms with van der Waals surface area (Å²) in [4.78, 5) is 52.9. The zero-order chi connectivity index (χ0) is 30.5. The lowest BCUT2D eigenvalue weighted by atomic mass is 9.87. The van der Waals surface area contributed by atoms with Crippen molar-refractivity contribution in [3.8, 4) is 0 Å². The lowest BCUT2D eigenvalue weighted by Crippen LogP contribution is -2.44. The fourth-order valence-corrected chi connectivity index (χ4v) is 7.02. The number of amides is 4. The summed E-state index contributed by atoms with van der Waals surface area (Å²) >= 11 is 0. The van der Waals surface area contributed by atoms with E-state index in [-0.39, 0.29) is 36.3 Å². The molecular weight excluding hydrogens is 540 g/mol. The second-order valence-electron chi connectivity index (χ2n) is 13.2. The SMILES string of the molecule is CCN1CCCC1CNCC(=O)N1CC(C)(C)c2ccc(N3C(=O)N(Cc4ccnc5ccccc45)C(C)(C)C3=O)cc21. The van der Waals surface area contributed by atoms with E-state index in [1.807, 2.05) is 53.4 Å². The van der Waals surface area contributed by atoms with Crippen molar-refractivity contribution < 1.29 is 14.4 Å². The Labute approximate surface area is 253 Å². The zero-order valence-electron chi connectivity index (χ0n) is 25.9. The van der Waals surface area contributed by atoms with Crippen LogP contribution in [0.4, 0.5) is 16.2 Å². The Morgan fingerprint density at radius 3 is 2.65 bits per heavy atom. The number of nitrogens with zero attached hydrogens (tertiary/aromatic N) is 5. The van der Waals surface area contributed by atoms with Gasteiger partial charge in [0, 0.05) is 48.4 Å². The number of hydrogen-bond donors (Lipinski definition) is 1. The second-order valence-corrected chi connectivity index (χ2v) is 13.2. The maximum absolute atomic E-state index is 14.0. The number of carbonyl (C=O) groups is 3. The molecule has 9 heteroatoms. The fourth-order valence-electron chi connectivity index (χ4n) is 7.02. The third-order valence-electron chi connectivity index (χ3n) is 9.57. The average molecular weight is 583 g/mol. The number of imide groups is 1. The van der Waals surface area contributed by atoms with Crippen molar-refractivity contribution in [2.75, 3.05) is 42.5 Å². The number of nitrogens with one attached hydrogen (secondary N) is 1. The molecule has 0 saturated carbocycles. The Kier molecular flexibility index (Phi) is 7.50. The van der Waals surface area contributed by atoms with Gasteiger partial charge in [0.2, 0.25) is 5.91 Å². The van der Waals surface area contributed by atoms with Gasteiger partial charge in [-0.3, -0.25) is 19.5 Å². The monoisotopic (exact) mass is 582 g/mol. The lowest BCUT2D eigenvalue weighted by Gasteiger charge is -2.28. The molecule has 0 bridgehead atoms. The Bertz CT molecular complexity index is 1580. The summed E-state index contributed by atoms with van der Waals surface area (Å²) in [6.45, 7) is 14.0. The van der Waals surface area contributed by atoms with Crippen LogP contribution < -0.4 is 15.1 Å². The van der Waals surface area contributed by atoms with E-state index in [0.717, 1.165) is 53.8 Å². The molecule has 6 rings (SSSR count). The summed E-state index contributed by atoms with van der Waals surface area (Å²) in [6, 6.07) is 15.5. The van der Waals surface area contributed by atoms with Gasteiger partial charge < -0.3 is 15.1 Å². The zero-order valence-corrected chi connectivity index (χ0v) is 25.9. The molecule has 0 radical (unpaired) electrons. The van der Waals surface area contributed by atoms with E-state index in [2.05, 4.69) is 36.0 Å². The van der Waals surface area contributed by atoms with Crippen LogP contribution in [0.3, 0.4) is 0 Å². The van der Waals surface area contributed by atoms with Gasteiger partial charge in [0.25, 0.3) is 5.91 Å². The number of pyridine rings is 1. The van der Waals surface area contributed by atoms with Crippen molar-refractivity contribution in [1.82, 2.24) is 20.1 Å². The van der Waals surface area contributed by atoms with Crippen molar-refractivity contribution in [1.29, 1.82) is 0 Å². The number of carbonyl (C=O) groups excluding carboxylic acids is 3. The molecular formula is C34H42N6O3. The van der Waals surface area contributed by atoms with E-state index >= 15 is 0 Å². The van der Waals surface area contributed by atoms with Gasteiger partial charge >= 0.3 is 6.03 Å². The molecule has 3 aromatic rings. The number of aromatic nitrogens is 1. The molecule has 1 aromatic heterocycles. The third-order valence-corrected chi connectivity index (χ3v) is 9.57. The summed E-state index contributed by atoms with van der Waals surface area (Å²) in [5, 5.41) is 4.36. The minimum atomic E-state index is -1.05. The van der Waals surface area contributed by atoms with E-state index in [1.54, 1.807) is 24.9 Å². The molecule has 4 heterocycles. The van der Waals surface area contributed by atoms with E-state index in [9.17, 15) is 14.4 Å². The predicted molar refractivity (Wildman–Crippen MR) is 169 cm³/mol. The van der Waals surface area contributed by atoms with Crippen LogP contribution in [0, 0.1) is 0 Å². The van der Waals surface area contributed by atoms with Crippen LogP contribution in [0.5, 0.6) is 0 Å². The van der Waals surface area contributed by atoms with Crippen LogP contribution in [0.1, 0.15) is 58.6 Å². The molecule has 2 aromatic carbocycles. The number of benzene rings is 2. The number of likely N-dealkylation sites (N-methyl/N-ethyl adjacent to an activating group) is 1. The fraction of sp³-hybridized carbons (Fsp3) is 0.471. The molecule has 3 aliphatic rings. The van der Waals surface area contributed by atoms with Crippen LogP contribution in [0.15, 0.2) is 54.7 Å². The summed E-state index contributed by atoms with van der Waals surface area (Å²) < 4.78 is 0. The molecule has 4 amide bonds. The van der Waals surface area contributed by atoms with Crippen LogP contribution >= 0.6 is 0 Å². The summed E-state index contributed by atoms with van der Waals surface area (Å²) in [7, 11) is 0. The Balaban J connectivity index is 1.24. The van der Waals surface area contributed by atoms with Gasteiger partial charge in [-0.25, -0.2) is 9.69 Å². The first-order valence-corrected chi connectivity index (χ1v) is 15.4. The van der Waals surface area contributed by atoms with Crippen molar-refractivity contribution in [3.05, 3.63) is 65.9 Å². The quantitative estimate of drug-likeness (QED) is 0.388. The third kappa shape index (κ3) is 5.08. The number of hydrogen-bond acceptors (Lipinski definition) is 6. The van der Waals surface area contributed by atoms with Crippen molar-refractivity contribution in [2.24, 2.45) is 0 Å². The molecule has 3 aliphatic heterocycles. The number of urea groups is 1. The minimum Gasteiger partial charge on any atom is -0.310 e. The van der Waals surface area contributed by atoms with Gasteiger partial charge in [0.05, 0.1) is 17.7 Å². The topological polar surface area (TPSA) is 89.1 Å². The first-order valence-electron chi connectivity index (χ1n) is 15.4. The maximum Gasteiger partial charge on any atom is 0.332 e. The van der Waals surface area contributed by atoms with E-state index < -0.39 is 5.54 Å². The standard InChI is InChI=1S/C34H42N6O3/c1-6-37-17-9-10-25(37)19-35-20-30(41)38-22-33(2,3)27-14-13-24(18-29(27)38)40-31(42)34(4,5)39(32(40)43)21-23-15-16-36-28-12-8-7-11-26(23)28/h7-8,11-16,18,25,35H,6,9-10,17,19-22H2,1-5H3. The number of fused-ring (bicyclic) bond motifs is 2. The number of rotatable bonds is 8. The van der Waals surface area contributed by atoms with E-state index in [0.29, 0.717) is 18.3 Å². The second kappa shape index (κ2) is 11.0. The van der Waals surface area contributed by atoms with Gasteiger partial charge in [-0.15, -0.1) is 0 Å². The first kappa shape index (κ1) is 29.3. The molecule has 0 spiro atoms. The van der Waals surface area contributed by atoms with Gasteiger partial charge in [0.1, 0.15) is 5.54 Å². The number of anilines is 2. The lowest BCUT2D eigenvalue weighted by molar-refractivity contribution is -0.123. The molecule has 1 unspecified atom stereocenters. The molecule has 9 nitrogen and oxygen atoms in total. The Morgan fingerprint density at radius 1 is 1.07 bits per heavy atom. The van der Waals surface area contributed by atoms with E-state index in [4.69, 9.17) is 0 Å². The maximum atomic E-state index is 14.0. The molecule has 2 fully saturated rings. The van der Waals surface area contributed by atoms with Crippen LogP contribution in [-0.2, 0) is 21.5 Å². The summed E-state index contributed by atoms with van der Waals surface area (Å²) in [5.74, 6) is -0.291. The highest BCUT2D eigenvalue weighted by molar-refractivity contribution is 6.23. The van der Waals surface area contributed by atoms with Crippen LogP contribution in [-0.4, -0.2) is 76.9 Å². The van der Waals surface area contributed by atoms with Crippen LogP contribution in [0.25, 0.3) is 10.9 Å². The smallest absolute Gasteiger partial charge is 0.310 e. The Hall–Kier alpha value is -3.82. The molecule has 0 aliphatic carbocycles. The van der Waals surface area contributed by atoms with Crippen molar-refractivity contribution in [2.45, 2.75) is 71.0 Å². The minimum absolute atomic E-state index is 0.00406.